The Labute approximate surface area is 205 Å². The highest BCUT2D eigenvalue weighted by molar-refractivity contribution is 5.89. The number of aromatic nitrogens is 3. The molecule has 0 bridgehead atoms. The van der Waals surface area contributed by atoms with Crippen LogP contribution in [0.2, 0.25) is 0 Å². The minimum absolute atomic E-state index is 0.465. The van der Waals surface area contributed by atoms with Gasteiger partial charge in [-0.25, -0.2) is 9.97 Å². The number of ether oxygens (including phenoxy) is 1. The first-order valence-corrected chi connectivity index (χ1v) is 12.6. The molecule has 35 heavy (non-hydrogen) atoms. The molecule has 0 saturated carbocycles. The number of rotatable bonds is 4. The number of fused-ring (bicyclic) bond motifs is 3. The summed E-state index contributed by atoms with van der Waals surface area (Å²) in [7, 11) is 0. The maximum absolute atomic E-state index is 6.83. The molecule has 178 valence electrons. The molecule has 7 heteroatoms. The number of morpholine rings is 1. The first-order valence-electron chi connectivity index (χ1n) is 12.6. The van der Waals surface area contributed by atoms with Crippen LogP contribution in [0.15, 0.2) is 72.8 Å². The van der Waals surface area contributed by atoms with Crippen LogP contribution in [0.4, 0.5) is 5.82 Å². The van der Waals surface area contributed by atoms with Crippen LogP contribution in [0.1, 0.15) is 12.0 Å². The number of para-hydroxylation sites is 1. The molecular weight excluding hydrogens is 436 g/mol. The molecule has 2 saturated heterocycles. The van der Waals surface area contributed by atoms with E-state index >= 15 is 0 Å². The normalized spacial score (nSPS) is 23.1. The van der Waals surface area contributed by atoms with Crippen molar-refractivity contribution >= 4 is 27.6 Å². The van der Waals surface area contributed by atoms with Crippen LogP contribution in [0.5, 0.6) is 0 Å². The Morgan fingerprint density at radius 2 is 1.89 bits per heavy atom. The summed E-state index contributed by atoms with van der Waals surface area (Å²) >= 11 is 0. The van der Waals surface area contributed by atoms with E-state index in [9.17, 15) is 0 Å². The maximum atomic E-state index is 6.83. The van der Waals surface area contributed by atoms with Crippen molar-refractivity contribution in [1.82, 2.24) is 24.8 Å². The van der Waals surface area contributed by atoms with Crippen molar-refractivity contribution in [2.75, 3.05) is 57.3 Å². The van der Waals surface area contributed by atoms with E-state index in [4.69, 9.17) is 9.72 Å². The molecule has 3 aliphatic heterocycles. The third-order valence-electron chi connectivity index (χ3n) is 7.83. The first-order chi connectivity index (χ1) is 17.3. The van der Waals surface area contributed by atoms with Crippen LogP contribution < -0.4 is 4.90 Å². The second-order valence-corrected chi connectivity index (χ2v) is 9.91. The number of H-pyrrole nitrogens is 1. The Morgan fingerprint density at radius 1 is 0.914 bits per heavy atom. The van der Waals surface area contributed by atoms with Gasteiger partial charge in [0.25, 0.3) is 0 Å². The highest BCUT2D eigenvalue weighted by atomic mass is 16.5. The van der Waals surface area contributed by atoms with Gasteiger partial charge in [-0.2, -0.15) is 0 Å². The largest absolute Gasteiger partial charge is 0.372 e. The van der Waals surface area contributed by atoms with E-state index in [1.54, 1.807) is 6.33 Å². The predicted molar refractivity (Wildman–Crippen MR) is 138 cm³/mol. The van der Waals surface area contributed by atoms with Crippen molar-refractivity contribution in [2.24, 2.45) is 0 Å². The smallest absolute Gasteiger partial charge is 0.140 e. The lowest BCUT2D eigenvalue weighted by Crippen LogP contribution is -2.57. The Kier molecular flexibility index (Phi) is 4.99. The van der Waals surface area contributed by atoms with E-state index in [1.807, 2.05) is 12.3 Å². The second kappa shape index (κ2) is 8.36. The van der Waals surface area contributed by atoms with E-state index in [2.05, 4.69) is 73.2 Å². The molecule has 1 unspecified atom stereocenters. The fourth-order valence-electron chi connectivity index (χ4n) is 6.18. The monoisotopic (exact) mass is 466 g/mol. The van der Waals surface area contributed by atoms with Crippen LogP contribution in [-0.2, 0) is 10.3 Å². The van der Waals surface area contributed by atoms with Gasteiger partial charge in [-0.05, 0) is 36.2 Å². The minimum Gasteiger partial charge on any atom is -0.372 e. The van der Waals surface area contributed by atoms with E-state index in [0.717, 1.165) is 61.5 Å². The molecule has 0 amide bonds. The lowest BCUT2D eigenvalue weighted by atomic mass is 9.88. The van der Waals surface area contributed by atoms with Gasteiger partial charge in [-0.1, -0.05) is 30.3 Å². The summed E-state index contributed by atoms with van der Waals surface area (Å²) in [4.78, 5) is 20.2. The topological polar surface area (TPSA) is 60.5 Å². The number of anilines is 1. The number of hydrogen-bond donors (Lipinski definition) is 1. The van der Waals surface area contributed by atoms with Gasteiger partial charge in [0.15, 0.2) is 0 Å². The molecule has 4 aromatic rings. The van der Waals surface area contributed by atoms with Gasteiger partial charge >= 0.3 is 0 Å². The standard InChI is InChI=1S/C28H30N6O/c1-2-8-26-23(6-1)27(31-20-30-26)34-15-16-35-28(19-34,24-7-3-9-25-22(24)10-11-29-25)18-32-13-14-33-12-4-5-21(33)17-32/h1-3,5-11,20,29H,4,12-19H2. The number of nitrogens with zero attached hydrogens (tertiary/aromatic N) is 5. The molecule has 0 aliphatic carbocycles. The molecule has 1 atom stereocenters. The zero-order valence-electron chi connectivity index (χ0n) is 19.9. The SMILES string of the molecule is C1=C2CN(CC3(c4cccc5[nH]ccc45)CN(c4ncnc5ccccc45)CCO3)CCN2CC1. The molecule has 2 fully saturated rings. The number of nitrogens with one attached hydrogen (secondary N) is 1. The summed E-state index contributed by atoms with van der Waals surface area (Å²) in [6.45, 7) is 7.37. The number of aromatic amines is 1. The third kappa shape index (κ3) is 3.58. The molecular formula is C28H30N6O. The van der Waals surface area contributed by atoms with Gasteiger partial charge in [-0.15, -0.1) is 0 Å². The summed E-state index contributed by atoms with van der Waals surface area (Å²) in [5.41, 5.74) is 4.39. The summed E-state index contributed by atoms with van der Waals surface area (Å²) < 4.78 is 6.83. The average Bonchev–Trinajstić information content (AvgIpc) is 3.57. The van der Waals surface area contributed by atoms with E-state index in [-0.39, 0.29) is 0 Å². The van der Waals surface area contributed by atoms with Crippen LogP contribution in [0.3, 0.4) is 0 Å². The summed E-state index contributed by atoms with van der Waals surface area (Å²) in [5.74, 6) is 0.993. The van der Waals surface area contributed by atoms with E-state index < -0.39 is 5.60 Å². The molecule has 2 aromatic carbocycles. The van der Waals surface area contributed by atoms with E-state index in [0.29, 0.717) is 6.61 Å². The maximum Gasteiger partial charge on any atom is 0.140 e. The lowest BCUT2D eigenvalue weighted by molar-refractivity contribution is -0.0816. The lowest BCUT2D eigenvalue weighted by Gasteiger charge is -2.47. The fourth-order valence-corrected chi connectivity index (χ4v) is 6.18. The number of piperazine rings is 1. The summed E-state index contributed by atoms with van der Waals surface area (Å²) in [6, 6.07) is 17.0. The van der Waals surface area contributed by atoms with E-state index in [1.165, 1.54) is 29.6 Å². The summed E-state index contributed by atoms with van der Waals surface area (Å²) in [5, 5.41) is 2.33. The van der Waals surface area contributed by atoms with Crippen molar-refractivity contribution in [1.29, 1.82) is 0 Å². The van der Waals surface area contributed by atoms with Gasteiger partial charge in [0.1, 0.15) is 17.7 Å². The van der Waals surface area contributed by atoms with Gasteiger partial charge in [0.2, 0.25) is 0 Å². The van der Waals surface area contributed by atoms with Crippen LogP contribution in [0, 0.1) is 0 Å². The van der Waals surface area contributed by atoms with Crippen molar-refractivity contribution in [3.05, 3.63) is 78.4 Å². The first kappa shape index (κ1) is 20.9. The molecule has 0 spiro atoms. The van der Waals surface area contributed by atoms with Crippen LogP contribution in [-0.4, -0.2) is 77.2 Å². The number of benzene rings is 2. The fraction of sp³-hybridized carbons (Fsp3) is 0.357. The Balaban J connectivity index is 1.30. The van der Waals surface area contributed by atoms with Crippen molar-refractivity contribution in [2.45, 2.75) is 12.0 Å². The zero-order valence-corrected chi connectivity index (χ0v) is 19.9. The van der Waals surface area contributed by atoms with Crippen molar-refractivity contribution in [3.63, 3.8) is 0 Å². The third-order valence-corrected chi connectivity index (χ3v) is 7.83. The second-order valence-electron chi connectivity index (χ2n) is 9.91. The molecule has 2 aromatic heterocycles. The van der Waals surface area contributed by atoms with Gasteiger partial charge in [0, 0.05) is 67.5 Å². The molecule has 0 radical (unpaired) electrons. The Hall–Kier alpha value is -3.42. The quantitative estimate of drug-likeness (QED) is 0.494. The highest BCUT2D eigenvalue weighted by Crippen LogP contribution is 2.38. The molecule has 3 aliphatic rings. The zero-order chi connectivity index (χ0) is 23.2. The molecule has 7 rings (SSSR count). The van der Waals surface area contributed by atoms with Crippen molar-refractivity contribution < 1.29 is 4.74 Å². The Bertz CT molecular complexity index is 1410. The number of hydrogen-bond acceptors (Lipinski definition) is 6. The minimum atomic E-state index is -0.465. The van der Waals surface area contributed by atoms with Gasteiger partial charge in [-0.3, -0.25) is 4.90 Å². The average molecular weight is 467 g/mol. The Morgan fingerprint density at radius 3 is 2.89 bits per heavy atom. The summed E-state index contributed by atoms with van der Waals surface area (Å²) in [6.07, 6.45) is 7.30. The van der Waals surface area contributed by atoms with Crippen LogP contribution >= 0.6 is 0 Å². The molecule has 7 nitrogen and oxygen atoms in total. The predicted octanol–water partition coefficient (Wildman–Crippen LogP) is 3.75. The van der Waals surface area contributed by atoms with Crippen molar-refractivity contribution in [3.8, 4) is 0 Å². The molecule has 1 N–H and O–H groups in total. The molecule has 5 heterocycles. The van der Waals surface area contributed by atoms with Gasteiger partial charge in [0.05, 0.1) is 18.7 Å². The highest BCUT2D eigenvalue weighted by Gasteiger charge is 2.43. The van der Waals surface area contributed by atoms with Gasteiger partial charge < -0.3 is 19.5 Å². The van der Waals surface area contributed by atoms with Crippen LogP contribution in [0.25, 0.3) is 21.8 Å².